The van der Waals surface area contributed by atoms with Crippen molar-refractivity contribution in [1.29, 1.82) is 0 Å². The number of nitrogens with one attached hydrogen (secondary N) is 2. The van der Waals surface area contributed by atoms with Crippen molar-refractivity contribution in [1.82, 2.24) is 10.6 Å². The van der Waals surface area contributed by atoms with Gasteiger partial charge in [-0.2, -0.15) is 0 Å². The number of primary sulfonamides is 1. The van der Waals surface area contributed by atoms with Gasteiger partial charge in [0.25, 0.3) is 0 Å². The second kappa shape index (κ2) is 9.25. The van der Waals surface area contributed by atoms with Crippen LogP contribution >= 0.6 is 0 Å². The number of sulfonamides is 1. The van der Waals surface area contributed by atoms with Crippen LogP contribution in [0.25, 0.3) is 0 Å². The van der Waals surface area contributed by atoms with Crippen molar-refractivity contribution in [3.63, 3.8) is 0 Å². The Morgan fingerprint density at radius 3 is 2.71 bits per heavy atom. The molecule has 0 amide bonds. The average molecular weight is 318 g/mol. The molecule has 0 bridgehead atoms. The van der Waals surface area contributed by atoms with E-state index in [1.165, 1.54) is 25.7 Å². The van der Waals surface area contributed by atoms with Gasteiger partial charge in [-0.05, 0) is 31.6 Å². The lowest BCUT2D eigenvalue weighted by Crippen LogP contribution is -2.40. The van der Waals surface area contributed by atoms with E-state index in [1.54, 1.807) is 0 Å². The molecule has 0 spiro atoms. The van der Waals surface area contributed by atoms with E-state index in [4.69, 9.17) is 5.14 Å². The lowest BCUT2D eigenvalue weighted by atomic mass is 9.81. The van der Waals surface area contributed by atoms with E-state index >= 15 is 0 Å². The van der Waals surface area contributed by atoms with Crippen molar-refractivity contribution in [3.05, 3.63) is 0 Å². The largest absolute Gasteiger partial charge is 0.357 e. The second-order valence-corrected chi connectivity index (χ2v) is 7.71. The summed E-state index contributed by atoms with van der Waals surface area (Å²) in [5, 5.41) is 11.1. The van der Waals surface area contributed by atoms with Crippen molar-refractivity contribution >= 4 is 16.0 Å². The van der Waals surface area contributed by atoms with Crippen molar-refractivity contribution in [2.45, 2.75) is 46.0 Å². The SMILES string of the molecule is CCNC(=NCCC1CCCC(C)C1)NCCS(N)(=O)=O. The predicted molar refractivity (Wildman–Crippen MR) is 87.7 cm³/mol. The molecular weight excluding hydrogens is 288 g/mol. The van der Waals surface area contributed by atoms with Gasteiger partial charge in [-0.25, -0.2) is 13.6 Å². The Labute approximate surface area is 129 Å². The lowest BCUT2D eigenvalue weighted by Gasteiger charge is -2.26. The highest BCUT2D eigenvalue weighted by Crippen LogP contribution is 2.30. The van der Waals surface area contributed by atoms with Gasteiger partial charge in [0.05, 0.1) is 5.75 Å². The number of hydrogen-bond donors (Lipinski definition) is 3. The van der Waals surface area contributed by atoms with Crippen LogP contribution in [0.15, 0.2) is 4.99 Å². The average Bonchev–Trinajstić information content (AvgIpc) is 2.37. The van der Waals surface area contributed by atoms with E-state index in [1.807, 2.05) is 6.92 Å². The summed E-state index contributed by atoms with van der Waals surface area (Å²) in [4.78, 5) is 4.51. The molecule has 0 aromatic rings. The zero-order valence-corrected chi connectivity index (χ0v) is 14.1. The number of hydrogen-bond acceptors (Lipinski definition) is 3. The highest BCUT2D eigenvalue weighted by atomic mass is 32.2. The molecule has 1 rings (SSSR count). The minimum absolute atomic E-state index is 0.0858. The van der Waals surface area contributed by atoms with Gasteiger partial charge in [0.2, 0.25) is 10.0 Å². The molecule has 4 N–H and O–H groups in total. The molecule has 0 saturated heterocycles. The maximum Gasteiger partial charge on any atom is 0.210 e. The molecular formula is C14H30N4O2S. The maximum atomic E-state index is 10.9. The standard InChI is InChI=1S/C14H30N4O2S/c1-3-16-14(18-9-10-21(15,19)20)17-8-7-13-6-4-5-12(2)11-13/h12-13H,3-11H2,1-2H3,(H2,15,19,20)(H2,16,17,18). The number of guanidine groups is 1. The molecule has 7 heteroatoms. The first-order valence-corrected chi connectivity index (χ1v) is 9.65. The number of nitrogens with zero attached hydrogens (tertiary/aromatic N) is 1. The Morgan fingerprint density at radius 2 is 2.10 bits per heavy atom. The summed E-state index contributed by atoms with van der Waals surface area (Å²) in [7, 11) is -3.42. The number of rotatable bonds is 7. The van der Waals surface area contributed by atoms with Crippen molar-refractivity contribution in [3.8, 4) is 0 Å². The fourth-order valence-corrected chi connectivity index (χ4v) is 3.22. The summed E-state index contributed by atoms with van der Waals surface area (Å²) in [6, 6.07) is 0. The first kappa shape index (κ1) is 18.2. The summed E-state index contributed by atoms with van der Waals surface area (Å²) in [6.45, 7) is 6.13. The Hall–Kier alpha value is -0.820. The van der Waals surface area contributed by atoms with Crippen molar-refractivity contribution in [2.75, 3.05) is 25.4 Å². The predicted octanol–water partition coefficient (Wildman–Crippen LogP) is 1.05. The molecule has 1 aliphatic rings. The summed E-state index contributed by atoms with van der Waals surface area (Å²) in [6.07, 6.45) is 6.43. The van der Waals surface area contributed by atoms with E-state index in [-0.39, 0.29) is 12.3 Å². The molecule has 21 heavy (non-hydrogen) atoms. The third-order valence-corrected chi connectivity index (χ3v) is 4.65. The quantitative estimate of drug-likeness (QED) is 0.483. The van der Waals surface area contributed by atoms with E-state index in [2.05, 4.69) is 22.5 Å². The zero-order chi connectivity index (χ0) is 15.7. The molecule has 6 nitrogen and oxygen atoms in total. The highest BCUT2D eigenvalue weighted by Gasteiger charge is 2.18. The molecule has 0 aliphatic heterocycles. The van der Waals surface area contributed by atoms with Crippen LogP contribution in [0.1, 0.15) is 46.0 Å². The fourth-order valence-electron chi connectivity index (χ4n) is 2.83. The molecule has 0 aromatic carbocycles. The lowest BCUT2D eigenvalue weighted by molar-refractivity contribution is 0.272. The van der Waals surface area contributed by atoms with Gasteiger partial charge in [0, 0.05) is 19.6 Å². The van der Waals surface area contributed by atoms with Crippen molar-refractivity contribution in [2.24, 2.45) is 22.0 Å². The molecule has 0 aromatic heterocycles. The van der Waals surface area contributed by atoms with Crippen LogP contribution < -0.4 is 15.8 Å². The van der Waals surface area contributed by atoms with Crippen LogP contribution in [0.4, 0.5) is 0 Å². The van der Waals surface area contributed by atoms with E-state index < -0.39 is 10.0 Å². The minimum atomic E-state index is -3.42. The number of nitrogens with two attached hydrogens (primary N) is 1. The first-order chi connectivity index (χ1) is 9.90. The monoisotopic (exact) mass is 318 g/mol. The fraction of sp³-hybridized carbons (Fsp3) is 0.929. The topological polar surface area (TPSA) is 96.6 Å². The highest BCUT2D eigenvalue weighted by molar-refractivity contribution is 7.89. The van der Waals surface area contributed by atoms with Crippen LogP contribution in [0.5, 0.6) is 0 Å². The molecule has 0 radical (unpaired) electrons. The summed E-state index contributed by atoms with van der Waals surface area (Å²) in [5.41, 5.74) is 0. The second-order valence-electron chi connectivity index (χ2n) is 5.98. The molecule has 1 aliphatic carbocycles. The molecule has 0 heterocycles. The van der Waals surface area contributed by atoms with E-state index in [9.17, 15) is 8.42 Å². The normalized spacial score (nSPS) is 23.9. The summed E-state index contributed by atoms with van der Waals surface area (Å²) >= 11 is 0. The third-order valence-electron chi connectivity index (χ3n) is 3.88. The van der Waals surface area contributed by atoms with Crippen molar-refractivity contribution < 1.29 is 8.42 Å². The van der Waals surface area contributed by atoms with Crippen LogP contribution in [0.3, 0.4) is 0 Å². The summed E-state index contributed by atoms with van der Waals surface area (Å²) in [5.74, 6) is 2.21. The Bertz CT molecular complexity index is 423. The Kier molecular flexibility index (Phi) is 8.03. The maximum absolute atomic E-state index is 10.9. The molecule has 2 unspecified atom stereocenters. The smallest absolute Gasteiger partial charge is 0.210 e. The van der Waals surface area contributed by atoms with Gasteiger partial charge in [0.1, 0.15) is 0 Å². The summed E-state index contributed by atoms with van der Waals surface area (Å²) < 4.78 is 21.8. The van der Waals surface area contributed by atoms with E-state index in [0.29, 0.717) is 5.96 Å². The van der Waals surface area contributed by atoms with Gasteiger partial charge in [-0.1, -0.05) is 26.2 Å². The Morgan fingerprint density at radius 1 is 1.33 bits per heavy atom. The Balaban J connectivity index is 2.33. The first-order valence-electron chi connectivity index (χ1n) is 7.93. The molecule has 124 valence electrons. The van der Waals surface area contributed by atoms with Gasteiger partial charge in [-0.15, -0.1) is 0 Å². The zero-order valence-electron chi connectivity index (χ0n) is 13.3. The minimum Gasteiger partial charge on any atom is -0.357 e. The third kappa shape index (κ3) is 8.93. The molecule has 1 saturated carbocycles. The van der Waals surface area contributed by atoms with Crippen LogP contribution in [-0.4, -0.2) is 39.8 Å². The van der Waals surface area contributed by atoms with Crippen LogP contribution in [0, 0.1) is 11.8 Å². The van der Waals surface area contributed by atoms with Gasteiger partial charge in [0.15, 0.2) is 5.96 Å². The molecule has 1 fully saturated rings. The van der Waals surface area contributed by atoms with Gasteiger partial charge < -0.3 is 10.6 Å². The van der Waals surface area contributed by atoms with Crippen LogP contribution in [0.2, 0.25) is 0 Å². The molecule has 2 atom stereocenters. The van der Waals surface area contributed by atoms with Gasteiger partial charge >= 0.3 is 0 Å². The number of aliphatic imine (C=N–C) groups is 1. The van der Waals surface area contributed by atoms with Gasteiger partial charge in [-0.3, -0.25) is 4.99 Å². The van der Waals surface area contributed by atoms with Crippen LogP contribution in [-0.2, 0) is 10.0 Å². The van der Waals surface area contributed by atoms with E-state index in [0.717, 1.165) is 31.3 Å².